The van der Waals surface area contributed by atoms with Crippen LogP contribution in [0.15, 0.2) is 23.4 Å². The summed E-state index contributed by atoms with van der Waals surface area (Å²) in [6.07, 6.45) is 1.95. The molecule has 26 heavy (non-hydrogen) atoms. The highest BCUT2D eigenvalue weighted by atomic mass is 16.4. The van der Waals surface area contributed by atoms with Crippen LogP contribution in [0.4, 0.5) is 5.82 Å². The maximum absolute atomic E-state index is 10.7. The van der Waals surface area contributed by atoms with Gasteiger partial charge in [-0.2, -0.15) is 5.10 Å². The highest BCUT2D eigenvalue weighted by Crippen LogP contribution is 2.15. The number of nitrogens with two attached hydrogens (primary N) is 2. The summed E-state index contributed by atoms with van der Waals surface area (Å²) in [5.74, 6) is 9.65. The molecule has 0 spiro atoms. The van der Waals surface area contributed by atoms with Crippen molar-refractivity contribution < 1.29 is 20.1 Å². The third-order valence-corrected chi connectivity index (χ3v) is 3.56. The summed E-state index contributed by atoms with van der Waals surface area (Å²) < 4.78 is 0. The van der Waals surface area contributed by atoms with E-state index in [0.29, 0.717) is 11.7 Å². The maximum atomic E-state index is 10.7. The Bertz CT molecular complexity index is 546. The van der Waals surface area contributed by atoms with E-state index in [1.54, 1.807) is 6.20 Å². The number of hydrazone groups is 1. The molecule has 10 nitrogen and oxygen atoms in total. The Hall–Kier alpha value is -2.43. The van der Waals surface area contributed by atoms with Crippen molar-refractivity contribution in [2.75, 3.05) is 18.5 Å². The van der Waals surface area contributed by atoms with Crippen LogP contribution in [0.2, 0.25) is 0 Å². The Morgan fingerprint density at radius 3 is 2.27 bits per heavy atom. The summed E-state index contributed by atoms with van der Waals surface area (Å²) in [5, 5.41) is 32.6. The molecule has 1 heterocycles. The van der Waals surface area contributed by atoms with Crippen molar-refractivity contribution in [1.82, 2.24) is 10.4 Å². The number of aliphatic hydroxyl groups excluding tert-OH is 2. The van der Waals surface area contributed by atoms with E-state index in [4.69, 9.17) is 27.0 Å². The van der Waals surface area contributed by atoms with Crippen molar-refractivity contribution in [2.24, 2.45) is 28.6 Å². The minimum Gasteiger partial charge on any atom is -0.481 e. The molecule has 1 aromatic heterocycles. The van der Waals surface area contributed by atoms with Gasteiger partial charge in [0.05, 0.1) is 25.2 Å². The largest absolute Gasteiger partial charge is 0.481 e. The van der Waals surface area contributed by atoms with Gasteiger partial charge in [0.2, 0.25) is 0 Å². The lowest BCUT2D eigenvalue weighted by molar-refractivity contribution is -0.142. The molecule has 0 fully saturated rings. The van der Waals surface area contributed by atoms with E-state index in [9.17, 15) is 4.79 Å². The molecule has 0 amide bonds. The highest BCUT2D eigenvalue weighted by Gasteiger charge is 2.23. The van der Waals surface area contributed by atoms with Gasteiger partial charge in [-0.3, -0.25) is 4.79 Å². The van der Waals surface area contributed by atoms with Crippen molar-refractivity contribution in [2.45, 2.75) is 33.2 Å². The van der Waals surface area contributed by atoms with Crippen molar-refractivity contribution in [3.05, 3.63) is 23.9 Å². The van der Waals surface area contributed by atoms with E-state index >= 15 is 0 Å². The number of anilines is 1. The molecule has 1 rings (SSSR count). The van der Waals surface area contributed by atoms with Crippen molar-refractivity contribution >= 4 is 17.6 Å². The van der Waals surface area contributed by atoms with Crippen molar-refractivity contribution in [3.8, 4) is 0 Å². The number of hydrazine groups is 1. The third kappa shape index (κ3) is 9.16. The van der Waals surface area contributed by atoms with Gasteiger partial charge in [0.15, 0.2) is 0 Å². The topological polar surface area (TPSA) is 179 Å². The molecule has 9 N–H and O–H groups in total. The van der Waals surface area contributed by atoms with E-state index in [0.717, 1.165) is 5.56 Å². The van der Waals surface area contributed by atoms with Crippen LogP contribution in [-0.2, 0) is 4.79 Å². The molecule has 0 aromatic carbocycles. The molecule has 1 atom stereocenters. The smallest absolute Gasteiger partial charge is 0.307 e. The number of hydrogen-bond donors (Lipinski definition) is 7. The van der Waals surface area contributed by atoms with Crippen LogP contribution >= 0.6 is 0 Å². The first kappa shape index (κ1) is 23.6. The molecule has 1 unspecified atom stereocenters. The molecule has 148 valence electrons. The molecule has 0 aliphatic heterocycles. The standard InChI is InChI=1S/C9H14N2O2.C7H16N4O2/c1-7-2-3-9(10-4-7)11-8(5-12)6-13;1-4(2)5(7(12)13)3-6(10-8)11-9/h2-4,8,12-13H,5-6H2,1H3,(H,10,11);4-5H,3,8-9H2,1-2H3,(H,10,11)(H,12,13). The lowest BCUT2D eigenvalue weighted by Gasteiger charge is -2.16. The minimum atomic E-state index is -0.869. The number of pyridine rings is 1. The quantitative estimate of drug-likeness (QED) is 0.139. The molecule has 0 radical (unpaired) electrons. The number of amidine groups is 1. The Balaban J connectivity index is 0.000000481. The first-order chi connectivity index (χ1) is 12.3. The van der Waals surface area contributed by atoms with Crippen LogP contribution in [0.1, 0.15) is 25.8 Å². The zero-order chi connectivity index (χ0) is 20.1. The molecule has 0 saturated carbocycles. The second-order valence-electron chi connectivity index (χ2n) is 6.04. The lowest BCUT2D eigenvalue weighted by Crippen LogP contribution is -2.35. The van der Waals surface area contributed by atoms with Gasteiger partial charge in [-0.25, -0.2) is 10.8 Å². The summed E-state index contributed by atoms with van der Waals surface area (Å²) >= 11 is 0. The van der Waals surface area contributed by atoms with Crippen LogP contribution in [0.3, 0.4) is 0 Å². The number of carboxylic acid groups (broad SMARTS) is 1. The summed E-state index contributed by atoms with van der Waals surface area (Å²) in [7, 11) is 0. The third-order valence-electron chi connectivity index (χ3n) is 3.56. The number of carbonyl (C=O) groups is 1. The van der Waals surface area contributed by atoms with Gasteiger partial charge in [-0.15, -0.1) is 0 Å². The van der Waals surface area contributed by atoms with E-state index in [2.05, 4.69) is 20.8 Å². The molecule has 1 aromatic rings. The summed E-state index contributed by atoms with van der Waals surface area (Å²) in [5.41, 5.74) is 3.33. The van der Waals surface area contributed by atoms with Crippen LogP contribution in [0.25, 0.3) is 0 Å². The van der Waals surface area contributed by atoms with E-state index in [1.165, 1.54) is 0 Å². The highest BCUT2D eigenvalue weighted by molar-refractivity contribution is 5.85. The Morgan fingerprint density at radius 2 is 1.92 bits per heavy atom. The van der Waals surface area contributed by atoms with Crippen LogP contribution in [0, 0.1) is 18.8 Å². The van der Waals surface area contributed by atoms with Crippen molar-refractivity contribution in [3.63, 3.8) is 0 Å². The number of carboxylic acids is 1. The SMILES string of the molecule is CC(C)C(C/C(=N/N)NN)C(=O)O.Cc1ccc(NC(CO)CO)nc1. The number of aryl methyl sites for hydroxylation is 1. The Kier molecular flexibility index (Phi) is 11.7. The molecule has 0 saturated heterocycles. The first-order valence-corrected chi connectivity index (χ1v) is 8.16. The Morgan fingerprint density at radius 1 is 1.31 bits per heavy atom. The van der Waals surface area contributed by atoms with Crippen LogP contribution < -0.4 is 22.4 Å². The first-order valence-electron chi connectivity index (χ1n) is 8.16. The average Bonchev–Trinajstić information content (AvgIpc) is 2.62. The second kappa shape index (κ2) is 12.9. The predicted molar refractivity (Wildman–Crippen MR) is 100 cm³/mol. The fourth-order valence-electron chi connectivity index (χ4n) is 1.88. The number of aromatic nitrogens is 1. The van der Waals surface area contributed by atoms with Gasteiger partial charge in [0, 0.05) is 12.6 Å². The summed E-state index contributed by atoms with van der Waals surface area (Å²) in [6, 6.07) is 3.39. The van der Waals surface area contributed by atoms with Gasteiger partial charge >= 0.3 is 5.97 Å². The number of aliphatic carboxylic acids is 1. The summed E-state index contributed by atoms with van der Waals surface area (Å²) in [4.78, 5) is 14.8. The molecule has 0 bridgehead atoms. The lowest BCUT2D eigenvalue weighted by atomic mass is 9.92. The second-order valence-corrected chi connectivity index (χ2v) is 6.04. The maximum Gasteiger partial charge on any atom is 0.307 e. The number of nitrogens with zero attached hydrogens (tertiary/aromatic N) is 2. The van der Waals surface area contributed by atoms with Gasteiger partial charge < -0.3 is 31.9 Å². The monoisotopic (exact) mass is 370 g/mol. The van der Waals surface area contributed by atoms with E-state index in [1.807, 2.05) is 32.9 Å². The minimum absolute atomic E-state index is 0.0163. The molecular weight excluding hydrogens is 340 g/mol. The number of rotatable bonds is 8. The molecule has 0 aliphatic rings. The van der Waals surface area contributed by atoms with Gasteiger partial charge in [0.1, 0.15) is 11.7 Å². The number of aliphatic hydroxyl groups is 2. The average molecular weight is 370 g/mol. The zero-order valence-corrected chi connectivity index (χ0v) is 15.4. The number of hydrogen-bond acceptors (Lipinski definition) is 8. The van der Waals surface area contributed by atoms with Crippen LogP contribution in [0.5, 0.6) is 0 Å². The fraction of sp³-hybridized carbons (Fsp3) is 0.562. The molecule has 0 aliphatic carbocycles. The molecule has 10 heteroatoms. The summed E-state index contributed by atoms with van der Waals surface area (Å²) in [6.45, 7) is 5.39. The van der Waals surface area contributed by atoms with Crippen LogP contribution in [-0.4, -0.2) is 51.4 Å². The van der Waals surface area contributed by atoms with Gasteiger partial charge in [0.25, 0.3) is 0 Å². The Labute approximate surface area is 153 Å². The zero-order valence-electron chi connectivity index (χ0n) is 15.4. The fourth-order valence-corrected chi connectivity index (χ4v) is 1.88. The van der Waals surface area contributed by atoms with E-state index in [-0.39, 0.29) is 31.6 Å². The normalized spacial score (nSPS) is 12.4. The number of nitrogens with one attached hydrogen (secondary N) is 2. The van der Waals surface area contributed by atoms with Gasteiger partial charge in [-0.1, -0.05) is 19.9 Å². The molecular formula is C16H30N6O4. The van der Waals surface area contributed by atoms with E-state index < -0.39 is 11.9 Å². The van der Waals surface area contributed by atoms with Gasteiger partial charge in [-0.05, 0) is 24.5 Å². The van der Waals surface area contributed by atoms with Crippen molar-refractivity contribution in [1.29, 1.82) is 0 Å². The predicted octanol–water partition coefficient (Wildman–Crippen LogP) is -0.376.